The molecule has 0 spiro atoms. The lowest BCUT2D eigenvalue weighted by Gasteiger charge is -2.20. The highest BCUT2D eigenvalue weighted by molar-refractivity contribution is 6.37. The number of benzene rings is 2. The van der Waals surface area contributed by atoms with Crippen molar-refractivity contribution in [3.63, 3.8) is 0 Å². The molecule has 0 aromatic heterocycles. The number of rotatable bonds is 4. The monoisotopic (exact) mass is 308 g/mol. The van der Waals surface area contributed by atoms with Crippen LogP contribution in [0, 0.1) is 0 Å². The van der Waals surface area contributed by atoms with Crippen molar-refractivity contribution in [2.45, 2.75) is 18.9 Å². The lowest BCUT2D eigenvalue weighted by atomic mass is 10.0. The molecule has 0 radical (unpaired) electrons. The van der Waals surface area contributed by atoms with Crippen molar-refractivity contribution in [2.24, 2.45) is 5.10 Å². The van der Waals surface area contributed by atoms with Gasteiger partial charge in [-0.3, -0.25) is 4.79 Å². The zero-order valence-electron chi connectivity index (χ0n) is 12.4. The lowest BCUT2D eigenvalue weighted by molar-refractivity contribution is -0.139. The van der Waals surface area contributed by atoms with E-state index in [1.165, 1.54) is 0 Å². The molecule has 1 aliphatic heterocycles. The summed E-state index contributed by atoms with van der Waals surface area (Å²) in [4.78, 5) is 23.5. The smallest absolute Gasteiger partial charge is 0.355 e. The van der Waals surface area contributed by atoms with Crippen molar-refractivity contribution in [2.75, 3.05) is 0 Å². The molecule has 2 aromatic rings. The minimum absolute atomic E-state index is 0.191. The van der Waals surface area contributed by atoms with E-state index in [0.29, 0.717) is 6.42 Å². The third kappa shape index (κ3) is 3.63. The van der Waals surface area contributed by atoms with E-state index in [1.54, 1.807) is 0 Å². The summed E-state index contributed by atoms with van der Waals surface area (Å²) in [6.45, 7) is 0. The molecule has 0 bridgehead atoms. The molecule has 0 unspecified atom stereocenters. The van der Waals surface area contributed by atoms with E-state index in [-0.39, 0.29) is 18.0 Å². The Morgan fingerprint density at radius 2 is 1.52 bits per heavy atom. The zero-order valence-corrected chi connectivity index (χ0v) is 12.4. The molecule has 2 aromatic carbocycles. The molecule has 0 saturated carbocycles. The highest BCUT2D eigenvalue weighted by atomic mass is 16.5. The van der Waals surface area contributed by atoms with Gasteiger partial charge in [0.2, 0.25) is 5.91 Å². The average molecular weight is 308 g/mol. The number of carbonyl (C=O) groups is 2. The summed E-state index contributed by atoms with van der Waals surface area (Å²) < 4.78 is 5.68. The lowest BCUT2D eigenvalue weighted by Crippen LogP contribution is -2.31. The number of carbonyl (C=O) groups excluding carboxylic acids is 2. The van der Waals surface area contributed by atoms with Gasteiger partial charge in [-0.1, -0.05) is 60.7 Å². The van der Waals surface area contributed by atoms with Crippen LogP contribution in [-0.4, -0.2) is 17.6 Å². The summed E-state index contributed by atoms with van der Waals surface area (Å²) in [5.41, 5.74) is 4.32. The second kappa shape index (κ2) is 6.87. The molecule has 23 heavy (non-hydrogen) atoms. The van der Waals surface area contributed by atoms with Gasteiger partial charge in [-0.05, 0) is 11.1 Å². The maximum atomic E-state index is 12.4. The number of nitrogens with zero attached hydrogens (tertiary/aromatic N) is 1. The topological polar surface area (TPSA) is 67.8 Å². The largest absolute Gasteiger partial charge is 0.448 e. The first-order valence-electron chi connectivity index (χ1n) is 7.40. The first-order chi connectivity index (χ1) is 11.2. The van der Waals surface area contributed by atoms with Crippen molar-refractivity contribution in [3.8, 4) is 0 Å². The maximum Gasteiger partial charge on any atom is 0.355 e. The third-order valence-electron chi connectivity index (χ3n) is 3.57. The van der Waals surface area contributed by atoms with Crippen LogP contribution in [0.15, 0.2) is 65.8 Å². The van der Waals surface area contributed by atoms with Crippen LogP contribution in [0.25, 0.3) is 0 Å². The van der Waals surface area contributed by atoms with Crippen LogP contribution in [-0.2, 0) is 14.3 Å². The molecule has 116 valence electrons. The Bertz CT molecular complexity index is 687. The summed E-state index contributed by atoms with van der Waals surface area (Å²) in [5, 5.41) is 3.79. The van der Waals surface area contributed by atoms with Crippen LogP contribution in [0.2, 0.25) is 0 Å². The van der Waals surface area contributed by atoms with Gasteiger partial charge in [-0.25, -0.2) is 10.2 Å². The van der Waals surface area contributed by atoms with E-state index in [0.717, 1.165) is 11.1 Å². The molecule has 1 N–H and O–H groups in total. The maximum absolute atomic E-state index is 12.4. The minimum atomic E-state index is -0.511. The predicted octanol–water partition coefficient (Wildman–Crippen LogP) is 2.59. The molecule has 1 heterocycles. The Balaban J connectivity index is 1.85. The van der Waals surface area contributed by atoms with Crippen molar-refractivity contribution >= 4 is 17.6 Å². The summed E-state index contributed by atoms with van der Waals surface area (Å²) in [6.07, 6.45) is 0.0289. The van der Waals surface area contributed by atoms with Gasteiger partial charge < -0.3 is 4.74 Å². The van der Waals surface area contributed by atoms with E-state index in [2.05, 4.69) is 10.5 Å². The van der Waals surface area contributed by atoms with Gasteiger partial charge in [-0.15, -0.1) is 0 Å². The van der Waals surface area contributed by atoms with Gasteiger partial charge in [0.05, 0.1) is 0 Å². The Morgan fingerprint density at radius 3 is 2.00 bits per heavy atom. The van der Waals surface area contributed by atoms with Gasteiger partial charge >= 0.3 is 5.97 Å². The number of ether oxygens (including phenoxy) is 1. The molecule has 5 nitrogen and oxygen atoms in total. The van der Waals surface area contributed by atoms with Crippen molar-refractivity contribution < 1.29 is 14.3 Å². The molecule has 1 aliphatic rings. The first kappa shape index (κ1) is 15.0. The molecule has 1 amide bonds. The fraction of sp³-hybridized carbons (Fsp3) is 0.167. The quantitative estimate of drug-likeness (QED) is 0.883. The molecule has 0 aliphatic carbocycles. The molecule has 5 heteroatoms. The average Bonchev–Trinajstić information content (AvgIpc) is 2.61. The highest BCUT2D eigenvalue weighted by Gasteiger charge is 2.24. The van der Waals surface area contributed by atoms with Crippen LogP contribution >= 0.6 is 0 Å². The molecule has 3 rings (SSSR count). The summed E-state index contributed by atoms with van der Waals surface area (Å²) in [7, 11) is 0. The van der Waals surface area contributed by atoms with Gasteiger partial charge in [0.15, 0.2) is 6.10 Å². The van der Waals surface area contributed by atoms with E-state index in [9.17, 15) is 9.59 Å². The van der Waals surface area contributed by atoms with Gasteiger partial charge in [0, 0.05) is 12.8 Å². The van der Waals surface area contributed by atoms with Crippen LogP contribution < -0.4 is 5.43 Å². The molecule has 0 fully saturated rings. The van der Waals surface area contributed by atoms with E-state index in [1.807, 2.05) is 60.7 Å². The number of hydrogen-bond acceptors (Lipinski definition) is 4. The second-order valence-electron chi connectivity index (χ2n) is 5.20. The van der Waals surface area contributed by atoms with Gasteiger partial charge in [0.25, 0.3) is 0 Å². The first-order valence-corrected chi connectivity index (χ1v) is 7.40. The van der Waals surface area contributed by atoms with E-state index < -0.39 is 12.1 Å². The van der Waals surface area contributed by atoms with Crippen LogP contribution in [0.5, 0.6) is 0 Å². The molecular weight excluding hydrogens is 292 g/mol. The number of esters is 1. The van der Waals surface area contributed by atoms with Crippen molar-refractivity contribution in [3.05, 3.63) is 71.8 Å². The number of hydrogen-bond donors (Lipinski definition) is 1. The van der Waals surface area contributed by atoms with Crippen LogP contribution in [0.1, 0.15) is 30.1 Å². The number of hydrazone groups is 1. The van der Waals surface area contributed by atoms with Crippen molar-refractivity contribution in [1.29, 1.82) is 0 Å². The summed E-state index contributed by atoms with van der Waals surface area (Å²) >= 11 is 0. The Hall–Kier alpha value is -2.95. The number of nitrogens with one attached hydrogen (secondary N) is 1. The highest BCUT2D eigenvalue weighted by Crippen LogP contribution is 2.26. The fourth-order valence-electron chi connectivity index (χ4n) is 2.38. The summed E-state index contributed by atoms with van der Waals surface area (Å²) in [5.74, 6) is -0.702. The SMILES string of the molecule is O=C1CCC(C(=O)OC(c2ccccc2)c2ccccc2)=NN1. The third-order valence-corrected chi connectivity index (χ3v) is 3.57. The van der Waals surface area contributed by atoms with Gasteiger partial charge in [-0.2, -0.15) is 5.10 Å². The Morgan fingerprint density at radius 1 is 0.957 bits per heavy atom. The zero-order chi connectivity index (χ0) is 16.1. The van der Waals surface area contributed by atoms with E-state index in [4.69, 9.17) is 4.74 Å². The summed E-state index contributed by atoms with van der Waals surface area (Å²) in [6, 6.07) is 19.1. The van der Waals surface area contributed by atoms with Crippen LogP contribution in [0.3, 0.4) is 0 Å². The number of amides is 1. The van der Waals surface area contributed by atoms with Crippen molar-refractivity contribution in [1.82, 2.24) is 5.43 Å². The minimum Gasteiger partial charge on any atom is -0.448 e. The van der Waals surface area contributed by atoms with Gasteiger partial charge in [0.1, 0.15) is 5.71 Å². The Kier molecular flexibility index (Phi) is 4.47. The molecule has 0 saturated heterocycles. The fourth-order valence-corrected chi connectivity index (χ4v) is 2.38. The normalized spacial score (nSPS) is 14.1. The molecular formula is C18H16N2O3. The van der Waals surface area contributed by atoms with Crippen LogP contribution in [0.4, 0.5) is 0 Å². The predicted molar refractivity (Wildman–Crippen MR) is 85.6 cm³/mol. The second-order valence-corrected chi connectivity index (χ2v) is 5.20. The standard InChI is InChI=1S/C18H16N2O3/c21-16-12-11-15(19-20-16)18(22)23-17(13-7-3-1-4-8-13)14-9-5-2-6-10-14/h1-10,17H,11-12H2,(H,20,21). The Labute approximate surface area is 134 Å². The molecule has 0 atom stereocenters. The van der Waals surface area contributed by atoms with E-state index >= 15 is 0 Å².